The first kappa shape index (κ1) is 27.4. The molecule has 5 aromatic heterocycles. The highest BCUT2D eigenvalue weighted by atomic mass is 32.1. The van der Waals surface area contributed by atoms with Crippen molar-refractivity contribution in [1.82, 2.24) is 34.6 Å². The summed E-state index contributed by atoms with van der Waals surface area (Å²) in [7, 11) is 3.24. The van der Waals surface area contributed by atoms with Crippen LogP contribution in [0.4, 0.5) is 16.0 Å². The van der Waals surface area contributed by atoms with Gasteiger partial charge in [0.15, 0.2) is 17.3 Å². The summed E-state index contributed by atoms with van der Waals surface area (Å²) in [6, 6.07) is 12.0. The highest BCUT2D eigenvalue weighted by Crippen LogP contribution is 2.23. The number of aliphatic imine (C=N–C) groups is 1. The third kappa shape index (κ3) is 6.70. The van der Waals surface area contributed by atoms with E-state index in [1.807, 2.05) is 24.3 Å². The van der Waals surface area contributed by atoms with E-state index in [4.69, 9.17) is 4.74 Å². The molecule has 1 amide bonds. The summed E-state index contributed by atoms with van der Waals surface area (Å²) in [5.41, 5.74) is 2.94. The van der Waals surface area contributed by atoms with Crippen molar-refractivity contribution in [1.29, 1.82) is 0 Å². The van der Waals surface area contributed by atoms with Crippen molar-refractivity contribution >= 4 is 35.3 Å². The highest BCUT2D eigenvalue weighted by Gasteiger charge is 2.16. The number of hydrogen-bond donors (Lipinski definition) is 2. The van der Waals surface area contributed by atoms with Crippen LogP contribution in [0, 0.1) is 12.7 Å². The third-order valence-corrected chi connectivity index (χ3v) is 6.45. The van der Waals surface area contributed by atoms with Gasteiger partial charge in [-0.15, -0.1) is 0 Å². The van der Waals surface area contributed by atoms with Gasteiger partial charge in [0.05, 0.1) is 17.7 Å². The lowest BCUT2D eigenvalue weighted by atomic mass is 10.1. The fourth-order valence-electron chi connectivity index (χ4n) is 3.77. The second kappa shape index (κ2) is 12.3. The van der Waals surface area contributed by atoms with Gasteiger partial charge in [0.2, 0.25) is 5.88 Å². The molecule has 11 nitrogen and oxygen atoms in total. The van der Waals surface area contributed by atoms with Crippen molar-refractivity contribution in [2.75, 3.05) is 19.5 Å². The summed E-state index contributed by atoms with van der Waals surface area (Å²) >= 11 is 1.30. The molecule has 0 aromatic carbocycles. The molecule has 5 heterocycles. The molecule has 0 unspecified atom stereocenters. The number of methoxy groups -OCH3 is 1. The van der Waals surface area contributed by atoms with E-state index in [0.29, 0.717) is 28.8 Å². The second-order valence-electron chi connectivity index (χ2n) is 8.72. The number of nitrogens with one attached hydrogen (secondary N) is 2. The lowest BCUT2D eigenvalue weighted by Gasteiger charge is -2.09. The maximum Gasteiger partial charge on any atom is 0.273 e. The van der Waals surface area contributed by atoms with Crippen LogP contribution >= 0.6 is 11.5 Å². The zero-order valence-electron chi connectivity index (χ0n) is 22.3. The van der Waals surface area contributed by atoms with Gasteiger partial charge < -0.3 is 15.4 Å². The monoisotopic (exact) mass is 569 g/mol. The number of nitrogens with zero attached hydrogens (tertiary/aromatic N) is 7. The minimum atomic E-state index is -0.789. The van der Waals surface area contributed by atoms with Gasteiger partial charge in [0.1, 0.15) is 11.6 Å². The lowest BCUT2D eigenvalue weighted by Crippen LogP contribution is -2.25. The molecular formula is C28H24FN9O2S. The molecule has 5 aromatic rings. The molecule has 13 heteroatoms. The number of rotatable bonds is 9. The molecule has 0 aliphatic rings. The van der Waals surface area contributed by atoms with Crippen molar-refractivity contribution < 1.29 is 13.9 Å². The number of carbonyl (C=O) groups is 1. The van der Waals surface area contributed by atoms with Crippen molar-refractivity contribution in [2.24, 2.45) is 4.99 Å². The molecule has 5 rings (SSSR count). The first-order valence-electron chi connectivity index (χ1n) is 12.3. The molecule has 0 atom stereocenters. The Morgan fingerprint density at radius 2 is 1.88 bits per heavy atom. The molecule has 0 fully saturated rings. The summed E-state index contributed by atoms with van der Waals surface area (Å²) in [4.78, 5) is 39.1. The molecule has 0 aliphatic carbocycles. The Labute approximate surface area is 238 Å². The predicted octanol–water partition coefficient (Wildman–Crippen LogP) is 4.63. The van der Waals surface area contributed by atoms with Gasteiger partial charge in [0.25, 0.3) is 5.91 Å². The molecule has 41 heavy (non-hydrogen) atoms. The average Bonchev–Trinajstić information content (AvgIpc) is 3.42. The SMILES string of the molecule is CN=Cc1cc(Nc2cc(C)nc(-c3cnc(C(=O)NCc4ccc(-c5ccc(OC)nc5)nc4)c(F)c3)n2)ns1. The predicted molar refractivity (Wildman–Crippen MR) is 154 cm³/mol. The lowest BCUT2D eigenvalue weighted by molar-refractivity contribution is 0.0941. The number of anilines is 2. The first-order valence-corrected chi connectivity index (χ1v) is 13.1. The number of aromatic nitrogens is 6. The summed E-state index contributed by atoms with van der Waals surface area (Å²) in [6.07, 6.45) is 6.38. The van der Waals surface area contributed by atoms with E-state index >= 15 is 0 Å². The maximum absolute atomic E-state index is 15.0. The van der Waals surface area contributed by atoms with E-state index in [-0.39, 0.29) is 18.1 Å². The summed E-state index contributed by atoms with van der Waals surface area (Å²) in [6.45, 7) is 1.95. The Balaban J connectivity index is 1.24. The van der Waals surface area contributed by atoms with Gasteiger partial charge in [-0.05, 0) is 42.2 Å². The van der Waals surface area contributed by atoms with Crippen molar-refractivity contribution in [3.8, 4) is 28.5 Å². The normalized spacial score (nSPS) is 11.0. The van der Waals surface area contributed by atoms with Crippen molar-refractivity contribution in [3.05, 3.63) is 88.7 Å². The van der Waals surface area contributed by atoms with Crippen LogP contribution in [0.1, 0.15) is 26.6 Å². The molecule has 0 radical (unpaired) electrons. The average molecular weight is 570 g/mol. The van der Waals surface area contributed by atoms with Crippen LogP contribution in [-0.4, -0.2) is 55.6 Å². The molecule has 2 N–H and O–H groups in total. The van der Waals surface area contributed by atoms with E-state index < -0.39 is 11.7 Å². The molecule has 0 saturated heterocycles. The Hall–Kier alpha value is -5.17. The third-order valence-electron chi connectivity index (χ3n) is 5.73. The minimum absolute atomic E-state index is 0.147. The van der Waals surface area contributed by atoms with E-state index in [1.165, 1.54) is 23.8 Å². The van der Waals surface area contributed by atoms with Crippen LogP contribution in [0.5, 0.6) is 5.88 Å². The molecule has 206 valence electrons. The number of hydrogen-bond acceptors (Lipinski definition) is 11. The topological polar surface area (TPSA) is 140 Å². The van der Waals surface area contributed by atoms with Crippen LogP contribution in [0.2, 0.25) is 0 Å². The van der Waals surface area contributed by atoms with E-state index in [2.05, 4.69) is 44.9 Å². The number of aryl methyl sites for hydroxylation is 1. The second-order valence-corrected chi connectivity index (χ2v) is 9.56. The van der Waals surface area contributed by atoms with Crippen LogP contribution in [0.25, 0.3) is 22.6 Å². The van der Waals surface area contributed by atoms with Gasteiger partial charge in [-0.1, -0.05) is 6.07 Å². The molecule has 0 aliphatic heterocycles. The van der Waals surface area contributed by atoms with E-state index in [9.17, 15) is 9.18 Å². The van der Waals surface area contributed by atoms with Crippen molar-refractivity contribution in [3.63, 3.8) is 0 Å². The van der Waals surface area contributed by atoms with Crippen molar-refractivity contribution in [2.45, 2.75) is 13.5 Å². The fraction of sp³-hybridized carbons (Fsp3) is 0.143. The molecule has 0 bridgehead atoms. The molecule has 0 saturated carbocycles. The standard InChI is InChI=1S/C28H24FN9O2S/c1-16-8-23(36-24-10-20(15-30-2)41-38-24)37-27(35-16)19-9-21(29)26(33-14-19)28(39)34-12-17-4-6-22(31-11-17)18-5-7-25(40-3)32-13-18/h4-11,13-15H,12H2,1-3H3,(H,34,39)(H,35,36,37,38). The largest absolute Gasteiger partial charge is 0.481 e. The smallest absolute Gasteiger partial charge is 0.273 e. The van der Waals surface area contributed by atoms with Gasteiger partial charge >= 0.3 is 0 Å². The van der Waals surface area contributed by atoms with Crippen LogP contribution in [-0.2, 0) is 6.54 Å². The number of amides is 1. The van der Waals surface area contributed by atoms with E-state index in [0.717, 1.165) is 21.7 Å². The van der Waals surface area contributed by atoms with Gasteiger partial charge in [-0.2, -0.15) is 4.37 Å². The molecule has 0 spiro atoms. The van der Waals surface area contributed by atoms with E-state index in [1.54, 1.807) is 51.8 Å². The van der Waals surface area contributed by atoms with Gasteiger partial charge in [-0.25, -0.2) is 24.3 Å². The zero-order valence-corrected chi connectivity index (χ0v) is 23.1. The summed E-state index contributed by atoms with van der Waals surface area (Å²) in [5.74, 6) is 0.423. The quantitative estimate of drug-likeness (QED) is 0.243. The Kier molecular flexibility index (Phi) is 8.25. The number of halogens is 1. The first-order chi connectivity index (χ1) is 19.9. The zero-order chi connectivity index (χ0) is 28.8. The number of pyridine rings is 3. The number of ether oxygens (including phenoxy) is 1. The minimum Gasteiger partial charge on any atom is -0.481 e. The number of carbonyl (C=O) groups excluding carboxylic acids is 1. The Morgan fingerprint density at radius 1 is 1.02 bits per heavy atom. The Morgan fingerprint density at radius 3 is 2.59 bits per heavy atom. The summed E-state index contributed by atoms with van der Waals surface area (Å²) in [5, 5.41) is 5.80. The molecular weight excluding hydrogens is 545 g/mol. The highest BCUT2D eigenvalue weighted by molar-refractivity contribution is 7.08. The van der Waals surface area contributed by atoms with Gasteiger partial charge in [-0.3, -0.25) is 14.8 Å². The van der Waals surface area contributed by atoms with Gasteiger partial charge in [0, 0.05) is 73.4 Å². The van der Waals surface area contributed by atoms with Crippen LogP contribution in [0.3, 0.4) is 0 Å². The van der Waals surface area contributed by atoms with Crippen LogP contribution in [0.15, 0.2) is 66.0 Å². The fourth-order valence-corrected chi connectivity index (χ4v) is 4.39. The summed E-state index contributed by atoms with van der Waals surface area (Å²) < 4.78 is 24.4. The maximum atomic E-state index is 15.0. The van der Waals surface area contributed by atoms with Crippen LogP contribution < -0.4 is 15.4 Å². The Bertz CT molecular complexity index is 1710.